The summed E-state index contributed by atoms with van der Waals surface area (Å²) in [6.07, 6.45) is 1.76. The molecular weight excluding hydrogens is 258 g/mol. The van der Waals surface area contributed by atoms with Gasteiger partial charge in [-0.1, -0.05) is 11.8 Å². The second-order valence-corrected chi connectivity index (χ2v) is 6.91. The first-order chi connectivity index (χ1) is 7.66. The number of carbonyl (C=O) groups is 1. The number of ketones is 1. The van der Waals surface area contributed by atoms with Crippen LogP contribution >= 0.6 is 34.4 Å². The average Bonchev–Trinajstić information content (AvgIpc) is 2.84. The maximum atomic E-state index is 11.9. The number of thioether (sulfide) groups is 1. The molecule has 2 rings (SSSR count). The van der Waals surface area contributed by atoms with Gasteiger partial charge < -0.3 is 0 Å². The molecule has 2 nitrogen and oxygen atoms in total. The molecule has 0 saturated carbocycles. The molecule has 0 atom stereocenters. The van der Waals surface area contributed by atoms with Gasteiger partial charge in [-0.15, -0.1) is 22.7 Å². The molecule has 0 fully saturated rings. The summed E-state index contributed by atoms with van der Waals surface area (Å²) in [4.78, 5) is 18.4. The lowest BCUT2D eigenvalue weighted by atomic mass is 10.2. The van der Waals surface area contributed by atoms with Crippen LogP contribution in [0.25, 0.3) is 0 Å². The molecule has 0 bridgehead atoms. The van der Waals surface area contributed by atoms with E-state index in [9.17, 15) is 4.79 Å². The highest BCUT2D eigenvalue weighted by Gasteiger charge is 2.12. The minimum Gasteiger partial charge on any atom is -0.293 e. The van der Waals surface area contributed by atoms with E-state index in [0.29, 0.717) is 5.75 Å². The number of hydrogen-bond donors (Lipinski definition) is 0. The number of aromatic nitrogens is 1. The Bertz CT molecular complexity index is 487. The molecule has 2 aromatic heterocycles. The van der Waals surface area contributed by atoms with Crippen molar-refractivity contribution in [2.45, 2.75) is 18.2 Å². The predicted octanol–water partition coefficient (Wildman–Crippen LogP) is 3.80. The molecule has 0 aliphatic carbocycles. The highest BCUT2D eigenvalue weighted by atomic mass is 32.2. The van der Waals surface area contributed by atoms with Crippen LogP contribution in [-0.2, 0) is 0 Å². The van der Waals surface area contributed by atoms with Gasteiger partial charge in [0, 0.05) is 26.9 Å². The Hall–Kier alpha value is -0.650. The Balaban J connectivity index is 2.01. The first-order valence-electron chi connectivity index (χ1n) is 4.79. The van der Waals surface area contributed by atoms with Crippen LogP contribution in [-0.4, -0.2) is 16.5 Å². The SMILES string of the molecule is Cc1cc(C(=O)CSc2nccs2)c(C)s1. The van der Waals surface area contributed by atoms with Crippen molar-refractivity contribution in [1.82, 2.24) is 4.98 Å². The summed E-state index contributed by atoms with van der Waals surface area (Å²) in [5, 5.41) is 1.92. The number of carbonyl (C=O) groups excluding carboxylic acids is 1. The normalized spacial score (nSPS) is 10.6. The van der Waals surface area contributed by atoms with E-state index in [0.717, 1.165) is 14.8 Å². The van der Waals surface area contributed by atoms with Crippen molar-refractivity contribution in [2.24, 2.45) is 0 Å². The van der Waals surface area contributed by atoms with Crippen LogP contribution < -0.4 is 0 Å². The number of aryl methyl sites for hydroxylation is 2. The lowest BCUT2D eigenvalue weighted by molar-refractivity contribution is 0.102. The molecule has 2 aromatic rings. The second kappa shape index (κ2) is 5.12. The van der Waals surface area contributed by atoms with Gasteiger partial charge in [0.1, 0.15) is 4.34 Å². The number of thiazole rings is 1. The topological polar surface area (TPSA) is 30.0 Å². The fourth-order valence-corrected chi connectivity index (χ4v) is 3.86. The minimum absolute atomic E-state index is 0.196. The van der Waals surface area contributed by atoms with E-state index in [1.165, 1.54) is 16.6 Å². The molecule has 0 radical (unpaired) electrons. The van der Waals surface area contributed by atoms with Crippen LogP contribution in [0.15, 0.2) is 22.0 Å². The summed E-state index contributed by atoms with van der Waals surface area (Å²) in [5.74, 6) is 0.673. The molecule has 0 unspecified atom stereocenters. The van der Waals surface area contributed by atoms with Crippen molar-refractivity contribution in [2.75, 3.05) is 5.75 Å². The zero-order valence-electron chi connectivity index (χ0n) is 9.02. The largest absolute Gasteiger partial charge is 0.293 e. The Morgan fingerprint density at radius 3 is 2.88 bits per heavy atom. The molecule has 0 amide bonds. The fourth-order valence-electron chi connectivity index (χ4n) is 1.39. The Morgan fingerprint density at radius 2 is 2.31 bits per heavy atom. The zero-order chi connectivity index (χ0) is 11.5. The van der Waals surface area contributed by atoms with E-state index in [2.05, 4.69) is 4.98 Å². The van der Waals surface area contributed by atoms with Crippen molar-refractivity contribution >= 4 is 40.2 Å². The molecule has 0 aliphatic rings. The maximum Gasteiger partial charge on any atom is 0.174 e. The summed E-state index contributed by atoms with van der Waals surface area (Å²) < 4.78 is 0.956. The molecule has 0 spiro atoms. The van der Waals surface area contributed by atoms with Crippen LogP contribution in [0.5, 0.6) is 0 Å². The van der Waals surface area contributed by atoms with Crippen molar-refractivity contribution < 1.29 is 4.79 Å². The Kier molecular flexibility index (Phi) is 3.78. The number of hydrogen-bond acceptors (Lipinski definition) is 5. The summed E-state index contributed by atoms with van der Waals surface area (Å²) in [6.45, 7) is 4.03. The van der Waals surface area contributed by atoms with Gasteiger partial charge in [0.25, 0.3) is 0 Å². The summed E-state index contributed by atoms with van der Waals surface area (Å²) in [5.41, 5.74) is 0.867. The van der Waals surface area contributed by atoms with Gasteiger partial charge in [-0.25, -0.2) is 4.98 Å². The van der Waals surface area contributed by atoms with Gasteiger partial charge in [0.2, 0.25) is 0 Å². The summed E-state index contributed by atoms with van der Waals surface area (Å²) in [7, 11) is 0. The molecule has 2 heterocycles. The van der Waals surface area contributed by atoms with E-state index in [4.69, 9.17) is 0 Å². The lowest BCUT2D eigenvalue weighted by Gasteiger charge is -1.97. The molecule has 0 N–H and O–H groups in total. The lowest BCUT2D eigenvalue weighted by Crippen LogP contribution is -2.02. The molecule has 0 aliphatic heterocycles. The molecule has 84 valence electrons. The molecule has 0 saturated heterocycles. The second-order valence-electron chi connectivity index (χ2n) is 3.34. The zero-order valence-corrected chi connectivity index (χ0v) is 11.5. The van der Waals surface area contributed by atoms with Crippen LogP contribution in [0, 0.1) is 13.8 Å². The van der Waals surface area contributed by atoms with Crippen molar-refractivity contribution in [3.8, 4) is 0 Å². The number of thiophene rings is 1. The van der Waals surface area contributed by atoms with Crippen molar-refractivity contribution in [3.05, 3.63) is 33.0 Å². The monoisotopic (exact) mass is 269 g/mol. The minimum atomic E-state index is 0.196. The first-order valence-corrected chi connectivity index (χ1v) is 7.47. The van der Waals surface area contributed by atoms with Gasteiger partial charge in [0.05, 0.1) is 5.75 Å². The van der Waals surface area contributed by atoms with Crippen molar-refractivity contribution in [3.63, 3.8) is 0 Å². The first kappa shape index (κ1) is 11.8. The average molecular weight is 269 g/mol. The van der Waals surface area contributed by atoms with E-state index in [1.807, 2.05) is 25.3 Å². The van der Waals surface area contributed by atoms with Gasteiger partial charge in [-0.2, -0.15) is 0 Å². The third-order valence-electron chi connectivity index (χ3n) is 2.08. The van der Waals surface area contributed by atoms with E-state index in [1.54, 1.807) is 28.9 Å². The van der Waals surface area contributed by atoms with Gasteiger partial charge >= 0.3 is 0 Å². The van der Waals surface area contributed by atoms with Gasteiger partial charge in [0.15, 0.2) is 5.78 Å². The van der Waals surface area contributed by atoms with Crippen LogP contribution in [0.4, 0.5) is 0 Å². The van der Waals surface area contributed by atoms with Gasteiger partial charge in [-0.05, 0) is 19.9 Å². The Labute approximate surface area is 107 Å². The maximum absolute atomic E-state index is 11.9. The van der Waals surface area contributed by atoms with Crippen molar-refractivity contribution in [1.29, 1.82) is 0 Å². The van der Waals surface area contributed by atoms with Crippen LogP contribution in [0.2, 0.25) is 0 Å². The summed E-state index contributed by atoms with van der Waals surface area (Å²) >= 11 is 4.76. The van der Waals surface area contributed by atoms with E-state index < -0.39 is 0 Å². The predicted molar refractivity (Wildman–Crippen MR) is 71.0 cm³/mol. The third kappa shape index (κ3) is 2.72. The number of Topliss-reactive ketones (excluding diaryl/α,β-unsaturated/α-hetero) is 1. The van der Waals surface area contributed by atoms with E-state index >= 15 is 0 Å². The third-order valence-corrected chi connectivity index (χ3v) is 5.01. The number of rotatable bonds is 4. The van der Waals surface area contributed by atoms with E-state index in [-0.39, 0.29) is 5.78 Å². The molecule has 0 aromatic carbocycles. The highest BCUT2D eigenvalue weighted by molar-refractivity contribution is 8.01. The molecule has 5 heteroatoms. The highest BCUT2D eigenvalue weighted by Crippen LogP contribution is 2.25. The van der Waals surface area contributed by atoms with Gasteiger partial charge in [-0.3, -0.25) is 4.79 Å². The van der Waals surface area contributed by atoms with Crippen LogP contribution in [0.3, 0.4) is 0 Å². The molecule has 16 heavy (non-hydrogen) atoms. The van der Waals surface area contributed by atoms with Crippen LogP contribution in [0.1, 0.15) is 20.1 Å². The molecular formula is C11H11NOS3. The number of nitrogens with zero attached hydrogens (tertiary/aromatic N) is 1. The Morgan fingerprint density at radius 1 is 1.50 bits per heavy atom. The fraction of sp³-hybridized carbons (Fsp3) is 0.273. The standard InChI is InChI=1S/C11H11NOS3/c1-7-5-9(8(2)16-7)10(13)6-15-11-12-3-4-14-11/h3-5H,6H2,1-2H3. The quantitative estimate of drug-likeness (QED) is 0.624. The summed E-state index contributed by atoms with van der Waals surface area (Å²) in [6, 6.07) is 1.98. The smallest absolute Gasteiger partial charge is 0.174 e.